The lowest BCUT2D eigenvalue weighted by molar-refractivity contribution is -0.138. The van der Waals surface area contributed by atoms with E-state index in [1.165, 1.54) is 11.0 Å². The summed E-state index contributed by atoms with van der Waals surface area (Å²) in [7, 11) is 0. The minimum Gasteiger partial charge on any atom is -0.378 e. The third kappa shape index (κ3) is 6.20. The largest absolute Gasteiger partial charge is 0.416 e. The number of nitrogens with one attached hydrogen (secondary N) is 1. The molecule has 1 fully saturated rings. The van der Waals surface area contributed by atoms with Crippen LogP contribution in [-0.4, -0.2) is 36.5 Å². The Morgan fingerprint density at radius 2 is 1.56 bits per heavy atom. The molecule has 0 unspecified atom stereocenters. The van der Waals surface area contributed by atoms with Gasteiger partial charge < -0.3 is 20.7 Å². The average molecular weight is 578 g/mol. The van der Waals surface area contributed by atoms with E-state index in [2.05, 4.69) is 5.32 Å². The number of anilines is 1. The van der Waals surface area contributed by atoms with Crippen molar-refractivity contribution < 1.29 is 35.9 Å². The van der Waals surface area contributed by atoms with E-state index in [0.717, 1.165) is 42.0 Å². The van der Waals surface area contributed by atoms with Crippen molar-refractivity contribution in [3.63, 3.8) is 0 Å². The van der Waals surface area contributed by atoms with Crippen LogP contribution in [0.5, 0.6) is 0 Å². The molecule has 11 heteroatoms. The highest BCUT2D eigenvalue weighted by molar-refractivity contribution is 5.94. The van der Waals surface area contributed by atoms with E-state index in [-0.39, 0.29) is 37.2 Å². The lowest BCUT2D eigenvalue weighted by atomic mass is 9.76. The summed E-state index contributed by atoms with van der Waals surface area (Å²) in [6.45, 7) is 0.345. The molecule has 4 atom stereocenters. The van der Waals surface area contributed by atoms with Gasteiger partial charge in [-0.05, 0) is 60.9 Å². The first-order valence-corrected chi connectivity index (χ1v) is 13.3. The number of amides is 1. The number of rotatable bonds is 6. The van der Waals surface area contributed by atoms with Crippen LogP contribution in [0.4, 0.5) is 32.0 Å². The van der Waals surface area contributed by atoms with Crippen LogP contribution in [0.3, 0.4) is 0 Å². The molecule has 0 spiro atoms. The highest BCUT2D eigenvalue weighted by Gasteiger charge is 2.44. The average Bonchev–Trinajstić information content (AvgIpc) is 2.95. The van der Waals surface area contributed by atoms with Gasteiger partial charge in [-0.25, -0.2) is 0 Å². The van der Waals surface area contributed by atoms with E-state index in [0.29, 0.717) is 24.1 Å². The molecule has 3 N–H and O–H groups in total. The summed E-state index contributed by atoms with van der Waals surface area (Å²) >= 11 is 0. The zero-order valence-electron chi connectivity index (χ0n) is 21.9. The molecule has 0 saturated carbocycles. The van der Waals surface area contributed by atoms with Gasteiger partial charge in [0.05, 0.1) is 29.4 Å². The number of benzene rings is 3. The topological polar surface area (TPSA) is 67.6 Å². The number of hydrogen-bond acceptors (Lipinski definition) is 4. The molecule has 1 amide bonds. The second-order valence-corrected chi connectivity index (χ2v) is 10.4. The van der Waals surface area contributed by atoms with Crippen LogP contribution >= 0.6 is 0 Å². The first kappa shape index (κ1) is 28.9. The maximum atomic E-state index is 13.6. The molecule has 2 heterocycles. The Labute approximate surface area is 233 Å². The van der Waals surface area contributed by atoms with E-state index in [4.69, 9.17) is 10.5 Å². The van der Waals surface area contributed by atoms with Crippen LogP contribution in [-0.2, 0) is 17.1 Å². The fraction of sp³-hybridized carbons (Fsp3) is 0.367. The quantitative estimate of drug-likeness (QED) is 0.315. The lowest BCUT2D eigenvalue weighted by Gasteiger charge is -2.46. The van der Waals surface area contributed by atoms with E-state index in [1.807, 2.05) is 30.3 Å². The summed E-state index contributed by atoms with van der Waals surface area (Å²) in [6.07, 6.45) is -9.10. The van der Waals surface area contributed by atoms with Crippen molar-refractivity contribution in [1.82, 2.24) is 4.90 Å². The van der Waals surface area contributed by atoms with E-state index < -0.39 is 41.6 Å². The van der Waals surface area contributed by atoms with Gasteiger partial charge in [-0.3, -0.25) is 4.79 Å². The Hall–Kier alpha value is -3.57. The number of carbonyl (C=O) groups is 1. The van der Waals surface area contributed by atoms with E-state index in [9.17, 15) is 31.1 Å². The van der Waals surface area contributed by atoms with Gasteiger partial charge in [0.1, 0.15) is 0 Å². The monoisotopic (exact) mass is 577 g/mol. The fourth-order valence-electron chi connectivity index (χ4n) is 5.72. The first-order valence-electron chi connectivity index (χ1n) is 13.3. The number of nitrogens with zero attached hydrogens (tertiary/aromatic N) is 1. The summed E-state index contributed by atoms with van der Waals surface area (Å²) in [5.41, 5.74) is 6.12. The van der Waals surface area contributed by atoms with Gasteiger partial charge in [-0.15, -0.1) is 0 Å². The number of halogens is 6. The molecular weight excluding hydrogens is 548 g/mol. The molecule has 3 aromatic carbocycles. The standard InChI is InChI=1S/C30H29F6N3O2/c31-29(32,33)20-8-6-19(7-9-20)28(40)39(15-14-37)17-22-11-12-23-26(18-4-2-1-3-5-18)38-25-13-10-21(30(34,35)36)16-24(25)27(23)41-22/h1-10,13,16,22-23,26-27,38H,11-12,14-15,17,37H2/t22-,23+,26+,27+/m1/s1. The number of alkyl halides is 6. The number of carbonyl (C=O) groups excluding carboxylic acids is 1. The highest BCUT2D eigenvalue weighted by atomic mass is 19.4. The Balaban J connectivity index is 1.41. The minimum absolute atomic E-state index is 0.0753. The lowest BCUT2D eigenvalue weighted by Crippen LogP contribution is -2.45. The van der Waals surface area contributed by atoms with Gasteiger partial charge in [0.15, 0.2) is 0 Å². The molecule has 0 bridgehead atoms. The summed E-state index contributed by atoms with van der Waals surface area (Å²) in [4.78, 5) is 14.7. The zero-order valence-corrected chi connectivity index (χ0v) is 21.9. The van der Waals surface area contributed by atoms with Crippen molar-refractivity contribution >= 4 is 11.6 Å². The van der Waals surface area contributed by atoms with Crippen LogP contribution in [0.1, 0.15) is 57.6 Å². The third-order valence-corrected chi connectivity index (χ3v) is 7.70. The molecule has 5 nitrogen and oxygen atoms in total. The summed E-state index contributed by atoms with van der Waals surface area (Å²) in [5.74, 6) is -0.666. The third-order valence-electron chi connectivity index (χ3n) is 7.70. The minimum atomic E-state index is -4.53. The maximum absolute atomic E-state index is 13.6. The summed E-state index contributed by atoms with van der Waals surface area (Å²) in [5, 5.41) is 3.41. The molecule has 41 heavy (non-hydrogen) atoms. The van der Waals surface area contributed by atoms with E-state index >= 15 is 0 Å². The number of hydrogen-bond donors (Lipinski definition) is 2. The Kier molecular flexibility index (Phi) is 8.02. The van der Waals surface area contributed by atoms with Crippen molar-refractivity contribution in [2.45, 2.75) is 43.4 Å². The Morgan fingerprint density at radius 1 is 0.902 bits per heavy atom. The van der Waals surface area contributed by atoms with Crippen LogP contribution < -0.4 is 11.1 Å². The first-order chi connectivity index (χ1) is 19.5. The number of ether oxygens (including phenoxy) is 1. The smallest absolute Gasteiger partial charge is 0.378 e. The van der Waals surface area contributed by atoms with Crippen molar-refractivity contribution in [2.75, 3.05) is 25.0 Å². The predicted molar refractivity (Wildman–Crippen MR) is 141 cm³/mol. The van der Waals surface area contributed by atoms with Crippen molar-refractivity contribution in [3.8, 4) is 0 Å². The predicted octanol–water partition coefficient (Wildman–Crippen LogP) is 6.83. The maximum Gasteiger partial charge on any atom is 0.416 e. The molecule has 0 aliphatic carbocycles. The van der Waals surface area contributed by atoms with Crippen LogP contribution in [0, 0.1) is 5.92 Å². The molecular formula is C30H29F6N3O2. The van der Waals surface area contributed by atoms with Crippen molar-refractivity contribution in [2.24, 2.45) is 11.7 Å². The van der Waals surface area contributed by atoms with Gasteiger partial charge >= 0.3 is 12.4 Å². The molecule has 2 aliphatic heterocycles. The van der Waals surface area contributed by atoms with Gasteiger partial charge in [0.2, 0.25) is 0 Å². The number of fused-ring (bicyclic) bond motifs is 3. The van der Waals surface area contributed by atoms with Crippen molar-refractivity contribution in [3.05, 3.63) is 101 Å². The molecule has 2 aliphatic rings. The van der Waals surface area contributed by atoms with Crippen molar-refractivity contribution in [1.29, 1.82) is 0 Å². The second-order valence-electron chi connectivity index (χ2n) is 10.4. The zero-order chi connectivity index (χ0) is 29.4. The summed E-state index contributed by atoms with van der Waals surface area (Å²) in [6, 6.07) is 17.0. The molecule has 5 rings (SSSR count). The molecule has 1 saturated heterocycles. The van der Waals surface area contributed by atoms with Gasteiger partial charge in [-0.1, -0.05) is 30.3 Å². The Bertz CT molecular complexity index is 1360. The van der Waals surface area contributed by atoms with Gasteiger partial charge in [0.25, 0.3) is 5.91 Å². The van der Waals surface area contributed by atoms with Gasteiger partial charge in [-0.2, -0.15) is 26.3 Å². The highest BCUT2D eigenvalue weighted by Crippen LogP contribution is 2.51. The molecule has 3 aromatic rings. The fourth-order valence-corrected chi connectivity index (χ4v) is 5.72. The van der Waals surface area contributed by atoms with Crippen LogP contribution in [0.2, 0.25) is 0 Å². The summed E-state index contributed by atoms with van der Waals surface area (Å²) < 4.78 is 86.3. The SMILES string of the molecule is NCCN(C[C@H]1CC[C@@H]2[C@H](O1)c1cc(C(F)(F)F)ccc1N[C@H]2c1ccccc1)C(=O)c1ccc(C(F)(F)F)cc1. The molecule has 218 valence electrons. The molecule has 0 radical (unpaired) electrons. The van der Waals surface area contributed by atoms with Crippen LogP contribution in [0.15, 0.2) is 72.8 Å². The normalized spacial score (nSPS) is 22.3. The Morgan fingerprint density at radius 3 is 2.20 bits per heavy atom. The molecule has 0 aromatic heterocycles. The van der Waals surface area contributed by atoms with Crippen LogP contribution in [0.25, 0.3) is 0 Å². The van der Waals surface area contributed by atoms with Gasteiger partial charge in [0, 0.05) is 42.4 Å². The number of nitrogens with two attached hydrogens (primary N) is 1. The second kappa shape index (κ2) is 11.4. The van der Waals surface area contributed by atoms with E-state index in [1.54, 1.807) is 0 Å².